The van der Waals surface area contributed by atoms with E-state index in [1.54, 1.807) is 42.7 Å². The van der Waals surface area contributed by atoms with Crippen LogP contribution in [0.4, 0.5) is 0 Å². The van der Waals surface area contributed by atoms with Crippen LogP contribution in [0.2, 0.25) is 0 Å². The van der Waals surface area contributed by atoms with Crippen molar-refractivity contribution in [2.45, 2.75) is 18.4 Å². The number of hydrogen-bond acceptors (Lipinski definition) is 7. The summed E-state index contributed by atoms with van der Waals surface area (Å²) in [5, 5.41) is 7.00. The van der Waals surface area contributed by atoms with E-state index >= 15 is 0 Å². The van der Waals surface area contributed by atoms with Crippen molar-refractivity contribution >= 4 is 5.91 Å². The van der Waals surface area contributed by atoms with E-state index in [1.165, 1.54) is 6.39 Å². The van der Waals surface area contributed by atoms with Crippen molar-refractivity contribution in [3.05, 3.63) is 66.6 Å². The van der Waals surface area contributed by atoms with Crippen LogP contribution in [0.3, 0.4) is 0 Å². The van der Waals surface area contributed by atoms with Gasteiger partial charge >= 0.3 is 0 Å². The summed E-state index contributed by atoms with van der Waals surface area (Å²) in [5.41, 5.74) is -0.171. The van der Waals surface area contributed by atoms with Crippen LogP contribution in [0.15, 0.2) is 59.7 Å². The van der Waals surface area contributed by atoms with Crippen molar-refractivity contribution in [2.75, 3.05) is 13.2 Å². The van der Waals surface area contributed by atoms with Gasteiger partial charge in [-0.05, 0) is 36.4 Å². The Labute approximate surface area is 155 Å². The van der Waals surface area contributed by atoms with Crippen molar-refractivity contribution < 1.29 is 18.8 Å². The second kappa shape index (κ2) is 7.55. The minimum Gasteiger partial charge on any atom is -0.456 e. The summed E-state index contributed by atoms with van der Waals surface area (Å²) < 4.78 is 16.0. The van der Waals surface area contributed by atoms with Gasteiger partial charge in [-0.3, -0.25) is 9.78 Å². The van der Waals surface area contributed by atoms with Crippen LogP contribution in [0.5, 0.6) is 11.5 Å². The van der Waals surface area contributed by atoms with Crippen LogP contribution in [0.1, 0.15) is 29.0 Å². The first-order valence-electron chi connectivity index (χ1n) is 8.60. The van der Waals surface area contributed by atoms with Gasteiger partial charge in [-0.2, -0.15) is 4.98 Å². The number of nitrogens with zero attached hydrogens (tertiary/aromatic N) is 3. The average Bonchev–Trinajstić information content (AvgIpc) is 3.26. The topological polar surface area (TPSA) is 99.4 Å². The van der Waals surface area contributed by atoms with Crippen LogP contribution in [0.25, 0.3) is 0 Å². The molecule has 8 heteroatoms. The van der Waals surface area contributed by atoms with E-state index in [0.717, 1.165) is 0 Å². The van der Waals surface area contributed by atoms with E-state index in [9.17, 15) is 4.79 Å². The summed E-state index contributed by atoms with van der Waals surface area (Å²) in [6.07, 6.45) is 5.74. The highest BCUT2D eigenvalue weighted by molar-refractivity contribution is 5.94. The molecule has 0 saturated carbocycles. The number of carbonyl (C=O) groups is 1. The second-order valence-corrected chi connectivity index (χ2v) is 6.22. The standard InChI is InChI=1S/C19H18N4O4/c24-17(22-19(7-10-25-11-8-19)18-21-13-26-23-18)14-3-5-15(6-4-14)27-16-2-1-9-20-12-16/h1-6,9,12-13H,7-8,10-11H2,(H,22,24). The molecule has 1 saturated heterocycles. The highest BCUT2D eigenvalue weighted by Crippen LogP contribution is 2.30. The van der Waals surface area contributed by atoms with E-state index in [4.69, 9.17) is 14.0 Å². The largest absolute Gasteiger partial charge is 0.456 e. The van der Waals surface area contributed by atoms with E-state index in [-0.39, 0.29) is 5.91 Å². The van der Waals surface area contributed by atoms with Crippen molar-refractivity contribution in [2.24, 2.45) is 0 Å². The molecule has 0 atom stereocenters. The fourth-order valence-electron chi connectivity index (χ4n) is 3.01. The molecule has 2 aromatic heterocycles. The molecule has 3 heterocycles. The Morgan fingerprint density at radius 1 is 1.11 bits per heavy atom. The Morgan fingerprint density at radius 3 is 2.59 bits per heavy atom. The van der Waals surface area contributed by atoms with Crippen LogP contribution >= 0.6 is 0 Å². The van der Waals surface area contributed by atoms with E-state index < -0.39 is 5.54 Å². The van der Waals surface area contributed by atoms with E-state index in [2.05, 4.69) is 20.4 Å². The zero-order valence-electron chi connectivity index (χ0n) is 14.5. The molecule has 27 heavy (non-hydrogen) atoms. The van der Waals surface area contributed by atoms with Crippen molar-refractivity contribution in [3.63, 3.8) is 0 Å². The number of rotatable bonds is 5. The molecule has 0 spiro atoms. The van der Waals surface area contributed by atoms with Gasteiger partial charge in [-0.1, -0.05) is 5.16 Å². The maximum atomic E-state index is 12.8. The third-order valence-electron chi connectivity index (χ3n) is 4.48. The SMILES string of the molecule is O=C(NC1(c2ncon2)CCOCC1)c1ccc(Oc2cccnc2)cc1. The van der Waals surface area contributed by atoms with Gasteiger partial charge in [0.1, 0.15) is 17.0 Å². The first kappa shape index (κ1) is 17.2. The molecular formula is C19H18N4O4. The Hall–Kier alpha value is -3.26. The molecule has 0 radical (unpaired) electrons. The fraction of sp³-hybridized carbons (Fsp3) is 0.263. The lowest BCUT2D eigenvalue weighted by Gasteiger charge is -2.35. The molecule has 1 aromatic carbocycles. The van der Waals surface area contributed by atoms with Gasteiger partial charge in [0, 0.05) is 37.8 Å². The average molecular weight is 366 g/mol. The van der Waals surface area contributed by atoms with E-state index in [1.807, 2.05) is 6.07 Å². The molecule has 138 valence electrons. The molecule has 1 amide bonds. The summed E-state index contributed by atoms with van der Waals surface area (Å²) in [4.78, 5) is 20.9. The maximum absolute atomic E-state index is 12.8. The highest BCUT2D eigenvalue weighted by atomic mass is 16.5. The summed E-state index contributed by atoms with van der Waals surface area (Å²) >= 11 is 0. The van der Waals surface area contributed by atoms with Gasteiger partial charge in [0.05, 0.1) is 6.20 Å². The van der Waals surface area contributed by atoms with Gasteiger partial charge < -0.3 is 19.3 Å². The molecule has 0 aliphatic carbocycles. The number of nitrogens with one attached hydrogen (secondary N) is 1. The number of amides is 1. The molecule has 4 rings (SSSR count). The Morgan fingerprint density at radius 2 is 1.93 bits per heavy atom. The second-order valence-electron chi connectivity index (χ2n) is 6.22. The summed E-state index contributed by atoms with van der Waals surface area (Å²) in [6.45, 7) is 1.04. The van der Waals surface area contributed by atoms with Gasteiger partial charge in [0.2, 0.25) is 6.39 Å². The summed E-state index contributed by atoms with van der Waals surface area (Å²) in [6, 6.07) is 10.5. The van der Waals surface area contributed by atoms with E-state index in [0.29, 0.717) is 48.9 Å². The predicted octanol–water partition coefficient (Wildman–Crippen LogP) is 2.69. The first-order valence-corrected chi connectivity index (χ1v) is 8.60. The molecular weight excluding hydrogens is 348 g/mol. The van der Waals surface area contributed by atoms with Gasteiger partial charge in [0.15, 0.2) is 5.82 Å². The zero-order chi connectivity index (χ0) is 18.5. The van der Waals surface area contributed by atoms with Crippen molar-refractivity contribution in [1.29, 1.82) is 0 Å². The zero-order valence-corrected chi connectivity index (χ0v) is 14.5. The lowest BCUT2D eigenvalue weighted by Crippen LogP contribution is -2.50. The molecule has 1 aliphatic rings. The smallest absolute Gasteiger partial charge is 0.252 e. The number of benzene rings is 1. The van der Waals surface area contributed by atoms with Crippen LogP contribution in [0, 0.1) is 0 Å². The Balaban J connectivity index is 1.48. The van der Waals surface area contributed by atoms with Gasteiger partial charge in [-0.25, -0.2) is 0 Å². The third kappa shape index (κ3) is 3.80. The molecule has 0 bridgehead atoms. The lowest BCUT2D eigenvalue weighted by molar-refractivity contribution is 0.0306. The van der Waals surface area contributed by atoms with Crippen molar-refractivity contribution in [3.8, 4) is 11.5 Å². The highest BCUT2D eigenvalue weighted by Gasteiger charge is 2.40. The number of carbonyl (C=O) groups excluding carboxylic acids is 1. The van der Waals surface area contributed by atoms with Gasteiger partial charge in [-0.15, -0.1) is 0 Å². The molecule has 1 fully saturated rings. The Bertz CT molecular complexity index is 876. The molecule has 0 unspecified atom stereocenters. The summed E-state index contributed by atoms with van der Waals surface area (Å²) in [7, 11) is 0. The van der Waals surface area contributed by atoms with Crippen LogP contribution in [-0.4, -0.2) is 34.2 Å². The number of aromatic nitrogens is 3. The minimum absolute atomic E-state index is 0.213. The molecule has 1 N–H and O–H groups in total. The third-order valence-corrected chi connectivity index (χ3v) is 4.48. The number of pyridine rings is 1. The summed E-state index contributed by atoms with van der Waals surface area (Å²) in [5.74, 6) is 1.51. The van der Waals surface area contributed by atoms with Crippen LogP contribution in [-0.2, 0) is 10.3 Å². The van der Waals surface area contributed by atoms with Crippen LogP contribution < -0.4 is 10.1 Å². The predicted molar refractivity (Wildman–Crippen MR) is 94.2 cm³/mol. The van der Waals surface area contributed by atoms with Crippen molar-refractivity contribution in [1.82, 2.24) is 20.4 Å². The monoisotopic (exact) mass is 366 g/mol. The fourth-order valence-corrected chi connectivity index (χ4v) is 3.01. The molecule has 1 aliphatic heterocycles. The minimum atomic E-state index is -0.687. The normalized spacial score (nSPS) is 15.9. The molecule has 3 aromatic rings. The van der Waals surface area contributed by atoms with Gasteiger partial charge in [0.25, 0.3) is 5.91 Å². The maximum Gasteiger partial charge on any atom is 0.252 e. The first-order chi connectivity index (χ1) is 13.3. The quantitative estimate of drug-likeness (QED) is 0.741. The number of ether oxygens (including phenoxy) is 2. The lowest BCUT2D eigenvalue weighted by atomic mass is 9.88. The number of hydrogen-bond donors (Lipinski definition) is 1. The Kier molecular flexibility index (Phi) is 4.80. The molecule has 8 nitrogen and oxygen atoms in total.